The van der Waals surface area contributed by atoms with Gasteiger partial charge in [0.25, 0.3) is 0 Å². The Morgan fingerprint density at radius 1 is 1.14 bits per heavy atom. The molecule has 2 aliphatic heterocycles. The van der Waals surface area contributed by atoms with Crippen molar-refractivity contribution in [2.45, 2.75) is 19.8 Å². The molecule has 0 bridgehead atoms. The zero-order chi connectivity index (χ0) is 19.6. The quantitative estimate of drug-likeness (QED) is 0.335. The van der Waals surface area contributed by atoms with Crippen molar-refractivity contribution >= 4 is 35.9 Å². The molecule has 3 rings (SSSR count). The number of anilines is 1. The molecular formula is C20H36IN7O. The summed E-state index contributed by atoms with van der Waals surface area (Å²) >= 11 is 0. The number of likely N-dealkylation sites (tertiary alicyclic amines) is 1. The van der Waals surface area contributed by atoms with Crippen LogP contribution in [0.5, 0.6) is 0 Å². The summed E-state index contributed by atoms with van der Waals surface area (Å²) in [4.78, 5) is 20.8. The molecule has 1 aromatic heterocycles. The number of methoxy groups -OCH3 is 1. The highest BCUT2D eigenvalue weighted by Crippen LogP contribution is 2.17. The van der Waals surface area contributed by atoms with Gasteiger partial charge in [-0.05, 0) is 44.8 Å². The molecule has 0 saturated carbocycles. The first kappa shape index (κ1) is 24.1. The Hall–Kier alpha value is -1.20. The number of halogens is 1. The van der Waals surface area contributed by atoms with Gasteiger partial charge in [0.05, 0.1) is 6.61 Å². The first-order chi connectivity index (χ1) is 13.8. The molecule has 0 atom stereocenters. The Bertz CT molecular complexity index is 588. The van der Waals surface area contributed by atoms with E-state index >= 15 is 0 Å². The van der Waals surface area contributed by atoms with Gasteiger partial charge in [-0.25, -0.2) is 9.97 Å². The fourth-order valence-corrected chi connectivity index (χ4v) is 3.83. The predicted molar refractivity (Wildman–Crippen MR) is 128 cm³/mol. The summed E-state index contributed by atoms with van der Waals surface area (Å²) in [5.41, 5.74) is 0. The molecule has 2 saturated heterocycles. The zero-order valence-corrected chi connectivity index (χ0v) is 20.1. The number of piperidine rings is 1. The first-order valence-corrected chi connectivity index (χ1v) is 10.6. The molecule has 164 valence electrons. The van der Waals surface area contributed by atoms with E-state index in [0.29, 0.717) is 5.92 Å². The SMILES string of the molecule is CCNC(=NCC1CCN(CCOC)CC1)N1CCN(c2ncccn2)CC1.I. The van der Waals surface area contributed by atoms with Gasteiger partial charge in [-0.2, -0.15) is 0 Å². The molecule has 0 radical (unpaired) electrons. The third kappa shape index (κ3) is 7.53. The van der Waals surface area contributed by atoms with Crippen LogP contribution < -0.4 is 10.2 Å². The summed E-state index contributed by atoms with van der Waals surface area (Å²) < 4.78 is 5.19. The van der Waals surface area contributed by atoms with Crippen LogP contribution >= 0.6 is 24.0 Å². The predicted octanol–water partition coefficient (Wildman–Crippen LogP) is 1.54. The van der Waals surface area contributed by atoms with E-state index < -0.39 is 0 Å². The van der Waals surface area contributed by atoms with Gasteiger partial charge < -0.3 is 24.8 Å². The van der Waals surface area contributed by atoms with Crippen molar-refractivity contribution in [3.63, 3.8) is 0 Å². The van der Waals surface area contributed by atoms with Crippen LogP contribution in [0.1, 0.15) is 19.8 Å². The number of hydrogen-bond donors (Lipinski definition) is 1. The molecule has 0 aliphatic carbocycles. The van der Waals surface area contributed by atoms with Crippen molar-refractivity contribution < 1.29 is 4.74 Å². The summed E-state index contributed by atoms with van der Waals surface area (Å²) in [5, 5.41) is 3.48. The van der Waals surface area contributed by atoms with Crippen molar-refractivity contribution in [3.8, 4) is 0 Å². The number of hydrogen-bond acceptors (Lipinski definition) is 6. The topological polar surface area (TPSA) is 69.1 Å². The van der Waals surface area contributed by atoms with Gasteiger partial charge in [0.2, 0.25) is 5.95 Å². The van der Waals surface area contributed by atoms with Crippen LogP contribution in [-0.2, 0) is 4.74 Å². The molecule has 29 heavy (non-hydrogen) atoms. The number of aromatic nitrogens is 2. The second-order valence-electron chi connectivity index (χ2n) is 7.50. The molecule has 3 heterocycles. The Labute approximate surface area is 192 Å². The van der Waals surface area contributed by atoms with E-state index in [0.717, 1.165) is 77.4 Å². The number of piperazine rings is 1. The maximum atomic E-state index is 5.19. The van der Waals surface area contributed by atoms with Crippen molar-refractivity contribution in [3.05, 3.63) is 18.5 Å². The van der Waals surface area contributed by atoms with E-state index in [4.69, 9.17) is 9.73 Å². The molecule has 2 aliphatic rings. The molecule has 0 spiro atoms. The summed E-state index contributed by atoms with van der Waals surface area (Å²) in [7, 11) is 1.77. The van der Waals surface area contributed by atoms with Gasteiger partial charge in [-0.15, -0.1) is 24.0 Å². The summed E-state index contributed by atoms with van der Waals surface area (Å²) in [6, 6.07) is 1.86. The van der Waals surface area contributed by atoms with Crippen molar-refractivity contribution in [2.24, 2.45) is 10.9 Å². The van der Waals surface area contributed by atoms with Gasteiger partial charge in [0.1, 0.15) is 0 Å². The Kier molecular flexibility index (Phi) is 10.9. The zero-order valence-electron chi connectivity index (χ0n) is 17.8. The maximum Gasteiger partial charge on any atom is 0.225 e. The lowest BCUT2D eigenvalue weighted by molar-refractivity contribution is 0.121. The molecule has 2 fully saturated rings. The van der Waals surface area contributed by atoms with E-state index in [2.05, 4.69) is 36.9 Å². The number of aliphatic imine (C=N–C) groups is 1. The van der Waals surface area contributed by atoms with Crippen LogP contribution in [0.2, 0.25) is 0 Å². The smallest absolute Gasteiger partial charge is 0.225 e. The summed E-state index contributed by atoms with van der Waals surface area (Å²) in [6.07, 6.45) is 6.07. The van der Waals surface area contributed by atoms with Crippen molar-refractivity contribution in [2.75, 3.05) is 77.5 Å². The summed E-state index contributed by atoms with van der Waals surface area (Å²) in [6.45, 7) is 11.9. The number of ether oxygens (including phenoxy) is 1. The standard InChI is InChI=1S/C20H35N7O.HI/c1-3-21-19(24-17-18-5-9-25(10-6-18)15-16-28-2)26-11-13-27(14-12-26)20-22-7-4-8-23-20;/h4,7-8,18H,3,5-6,9-17H2,1-2H3,(H,21,24);1H. The van der Waals surface area contributed by atoms with Gasteiger partial charge in [0, 0.05) is 65.3 Å². The molecule has 0 aromatic carbocycles. The second-order valence-corrected chi connectivity index (χ2v) is 7.50. The van der Waals surface area contributed by atoms with Crippen molar-refractivity contribution in [1.29, 1.82) is 0 Å². The number of nitrogens with one attached hydrogen (secondary N) is 1. The third-order valence-corrected chi connectivity index (χ3v) is 5.57. The lowest BCUT2D eigenvalue weighted by Crippen LogP contribution is -2.53. The van der Waals surface area contributed by atoms with Gasteiger partial charge in [-0.1, -0.05) is 0 Å². The van der Waals surface area contributed by atoms with Gasteiger partial charge in [-0.3, -0.25) is 4.99 Å². The van der Waals surface area contributed by atoms with Crippen LogP contribution in [0.15, 0.2) is 23.5 Å². The molecule has 0 unspecified atom stereocenters. The van der Waals surface area contributed by atoms with E-state index in [9.17, 15) is 0 Å². The number of nitrogens with zero attached hydrogens (tertiary/aromatic N) is 6. The Morgan fingerprint density at radius 3 is 2.45 bits per heavy atom. The molecule has 9 heteroatoms. The van der Waals surface area contributed by atoms with E-state index in [1.807, 2.05) is 6.07 Å². The largest absolute Gasteiger partial charge is 0.383 e. The average Bonchev–Trinajstić information content (AvgIpc) is 2.77. The minimum absolute atomic E-state index is 0. The fraction of sp³-hybridized carbons (Fsp3) is 0.750. The maximum absolute atomic E-state index is 5.19. The third-order valence-electron chi connectivity index (χ3n) is 5.57. The number of guanidine groups is 1. The van der Waals surface area contributed by atoms with E-state index in [1.165, 1.54) is 12.8 Å². The molecule has 8 nitrogen and oxygen atoms in total. The van der Waals surface area contributed by atoms with Crippen molar-refractivity contribution in [1.82, 2.24) is 25.1 Å². The van der Waals surface area contributed by atoms with Gasteiger partial charge >= 0.3 is 0 Å². The van der Waals surface area contributed by atoms with Crippen LogP contribution in [0.4, 0.5) is 5.95 Å². The van der Waals surface area contributed by atoms with Crippen LogP contribution in [-0.4, -0.2) is 98.3 Å². The first-order valence-electron chi connectivity index (χ1n) is 10.6. The number of rotatable bonds is 7. The second kappa shape index (κ2) is 13.2. The molecule has 0 amide bonds. The molecule has 1 aromatic rings. The lowest BCUT2D eigenvalue weighted by atomic mass is 9.97. The van der Waals surface area contributed by atoms with Crippen LogP contribution in [0, 0.1) is 5.92 Å². The monoisotopic (exact) mass is 517 g/mol. The lowest BCUT2D eigenvalue weighted by Gasteiger charge is -2.37. The summed E-state index contributed by atoms with van der Waals surface area (Å²) in [5.74, 6) is 2.56. The highest BCUT2D eigenvalue weighted by Gasteiger charge is 2.22. The van der Waals surface area contributed by atoms with E-state index in [1.54, 1.807) is 19.5 Å². The van der Waals surface area contributed by atoms with Gasteiger partial charge in [0.15, 0.2) is 5.96 Å². The highest BCUT2D eigenvalue weighted by molar-refractivity contribution is 14.0. The minimum Gasteiger partial charge on any atom is -0.383 e. The molecular weight excluding hydrogens is 481 g/mol. The normalized spacial score (nSPS) is 19.2. The van der Waals surface area contributed by atoms with E-state index in [-0.39, 0.29) is 24.0 Å². The highest BCUT2D eigenvalue weighted by atomic mass is 127. The fourth-order valence-electron chi connectivity index (χ4n) is 3.83. The Morgan fingerprint density at radius 2 is 1.83 bits per heavy atom. The van der Waals surface area contributed by atoms with Crippen LogP contribution in [0.3, 0.4) is 0 Å². The Balaban J connectivity index is 0.00000300. The average molecular weight is 517 g/mol. The molecule has 1 N–H and O–H groups in total. The van der Waals surface area contributed by atoms with Crippen LogP contribution in [0.25, 0.3) is 0 Å². The minimum atomic E-state index is 0.